The third kappa shape index (κ3) is 49.1. The first-order chi connectivity index (χ1) is 31.0. The van der Waals surface area contributed by atoms with E-state index in [1.165, 1.54) is 186 Å². The van der Waals surface area contributed by atoms with Gasteiger partial charge in [0.25, 0.3) is 0 Å². The minimum absolute atomic E-state index is 0.0110. The number of allylic oxidation sites excluding steroid dienone is 7. The number of aliphatic hydroxyl groups excluding tert-OH is 2. The molecule has 0 fully saturated rings. The van der Waals surface area contributed by atoms with Crippen molar-refractivity contribution in [2.24, 2.45) is 0 Å². The molecule has 0 aromatic heterocycles. The monoisotopic (exact) mass is 884 g/mol. The van der Waals surface area contributed by atoms with Gasteiger partial charge < -0.3 is 20.3 Å². The van der Waals surface area contributed by atoms with E-state index in [0.717, 1.165) is 64.2 Å². The lowest BCUT2D eigenvalue weighted by Gasteiger charge is -2.20. The van der Waals surface area contributed by atoms with Crippen molar-refractivity contribution in [2.75, 3.05) is 13.2 Å². The summed E-state index contributed by atoms with van der Waals surface area (Å²) in [6.45, 7) is 4.84. The van der Waals surface area contributed by atoms with Gasteiger partial charge in [0.1, 0.15) is 0 Å². The zero-order valence-corrected chi connectivity index (χ0v) is 41.8. The van der Waals surface area contributed by atoms with Gasteiger partial charge in [-0.3, -0.25) is 9.59 Å². The van der Waals surface area contributed by atoms with Crippen LogP contribution in [0.25, 0.3) is 0 Å². The molecule has 0 aliphatic rings. The Balaban J connectivity index is 3.47. The summed E-state index contributed by atoms with van der Waals surface area (Å²) in [5.74, 6) is -0.0936. The van der Waals surface area contributed by atoms with Gasteiger partial charge in [-0.2, -0.15) is 0 Å². The zero-order chi connectivity index (χ0) is 45.8. The molecule has 3 N–H and O–H groups in total. The Labute approximate surface area is 391 Å². The van der Waals surface area contributed by atoms with Crippen molar-refractivity contribution >= 4 is 11.9 Å². The number of esters is 1. The second kappa shape index (κ2) is 52.4. The number of unbranched alkanes of at least 4 members (excludes halogenated alkanes) is 33. The van der Waals surface area contributed by atoms with Crippen LogP contribution < -0.4 is 5.32 Å². The van der Waals surface area contributed by atoms with Crippen LogP contribution in [0.4, 0.5) is 0 Å². The summed E-state index contributed by atoms with van der Waals surface area (Å²) in [6.07, 6.45) is 65.5. The molecule has 0 radical (unpaired) electrons. The Morgan fingerprint density at radius 1 is 0.444 bits per heavy atom. The van der Waals surface area contributed by atoms with E-state index < -0.39 is 12.1 Å². The Morgan fingerprint density at radius 3 is 1.24 bits per heavy atom. The summed E-state index contributed by atoms with van der Waals surface area (Å²) < 4.78 is 5.47. The lowest BCUT2D eigenvalue weighted by molar-refractivity contribution is -0.143. The number of ether oxygens (including phenoxy) is 1. The minimum atomic E-state index is -0.852. The van der Waals surface area contributed by atoms with Gasteiger partial charge in [-0.05, 0) is 89.9 Å². The van der Waals surface area contributed by atoms with Gasteiger partial charge in [-0.15, -0.1) is 0 Å². The van der Waals surface area contributed by atoms with Crippen LogP contribution in [0.3, 0.4) is 0 Å². The van der Waals surface area contributed by atoms with E-state index in [1.807, 2.05) is 6.08 Å². The first-order valence-corrected chi connectivity index (χ1v) is 27.4. The Kier molecular flexibility index (Phi) is 50.6. The number of amides is 1. The van der Waals surface area contributed by atoms with Gasteiger partial charge in [-0.25, -0.2) is 0 Å². The maximum Gasteiger partial charge on any atom is 0.305 e. The highest BCUT2D eigenvalue weighted by atomic mass is 16.5. The summed E-state index contributed by atoms with van der Waals surface area (Å²) in [5, 5.41) is 23.0. The van der Waals surface area contributed by atoms with Gasteiger partial charge in [0.05, 0.1) is 25.4 Å². The molecule has 0 aromatic carbocycles. The van der Waals surface area contributed by atoms with Crippen molar-refractivity contribution in [3.05, 3.63) is 48.6 Å². The molecular formula is C57H105NO5. The molecule has 0 saturated heterocycles. The molecule has 2 unspecified atom stereocenters. The second-order valence-electron chi connectivity index (χ2n) is 18.5. The van der Waals surface area contributed by atoms with E-state index >= 15 is 0 Å². The highest BCUT2D eigenvalue weighted by Crippen LogP contribution is 2.15. The molecule has 0 spiro atoms. The molecule has 0 heterocycles. The lowest BCUT2D eigenvalue weighted by atomic mass is 10.1. The minimum Gasteiger partial charge on any atom is -0.466 e. The Morgan fingerprint density at radius 2 is 0.794 bits per heavy atom. The predicted molar refractivity (Wildman–Crippen MR) is 273 cm³/mol. The molecule has 6 nitrogen and oxygen atoms in total. The van der Waals surface area contributed by atoms with Crippen LogP contribution in [0, 0.1) is 0 Å². The smallest absolute Gasteiger partial charge is 0.305 e. The van der Waals surface area contributed by atoms with Crippen LogP contribution in [-0.2, 0) is 14.3 Å². The molecule has 2 atom stereocenters. The van der Waals surface area contributed by atoms with Crippen molar-refractivity contribution in [1.29, 1.82) is 0 Å². The molecule has 0 aliphatic carbocycles. The summed E-state index contributed by atoms with van der Waals surface area (Å²) in [7, 11) is 0. The van der Waals surface area contributed by atoms with Crippen LogP contribution in [0.2, 0.25) is 0 Å². The third-order valence-corrected chi connectivity index (χ3v) is 12.3. The highest BCUT2D eigenvalue weighted by molar-refractivity contribution is 5.76. The first kappa shape index (κ1) is 60.8. The molecule has 368 valence electrons. The molecule has 0 aliphatic heterocycles. The van der Waals surface area contributed by atoms with Crippen molar-refractivity contribution in [3.63, 3.8) is 0 Å². The van der Waals surface area contributed by atoms with Crippen LogP contribution in [0.5, 0.6) is 0 Å². The van der Waals surface area contributed by atoms with E-state index in [2.05, 4.69) is 55.6 Å². The number of carbonyl (C=O) groups is 2. The van der Waals surface area contributed by atoms with Crippen molar-refractivity contribution in [3.8, 4) is 0 Å². The van der Waals surface area contributed by atoms with Crippen LogP contribution in [0.1, 0.15) is 277 Å². The number of rotatable bonds is 50. The number of hydrogen-bond donors (Lipinski definition) is 3. The maximum absolute atomic E-state index is 12.4. The summed E-state index contributed by atoms with van der Waals surface area (Å²) in [4.78, 5) is 24.5. The third-order valence-electron chi connectivity index (χ3n) is 12.3. The number of nitrogens with one attached hydrogen (secondary N) is 1. The average molecular weight is 884 g/mol. The van der Waals surface area contributed by atoms with Gasteiger partial charge >= 0.3 is 5.97 Å². The van der Waals surface area contributed by atoms with E-state index in [1.54, 1.807) is 6.08 Å². The van der Waals surface area contributed by atoms with Crippen LogP contribution in [-0.4, -0.2) is 47.4 Å². The molecular weight excluding hydrogens is 779 g/mol. The van der Waals surface area contributed by atoms with E-state index in [-0.39, 0.29) is 18.5 Å². The van der Waals surface area contributed by atoms with Gasteiger partial charge in [0.2, 0.25) is 5.91 Å². The number of carbonyl (C=O) groups excluding carboxylic acids is 2. The van der Waals surface area contributed by atoms with Crippen LogP contribution >= 0.6 is 0 Å². The quantitative estimate of drug-likeness (QED) is 0.0321. The summed E-state index contributed by atoms with van der Waals surface area (Å²) in [6, 6.07) is -0.636. The first-order valence-electron chi connectivity index (χ1n) is 27.4. The normalized spacial score (nSPS) is 13.0. The topological polar surface area (TPSA) is 95.9 Å². The SMILES string of the molecule is CCCCCC/C=C\C/C=C\CCCCCCCCCC(=O)OCCCCCCCC/C=C\CCCCCCCCCC(=O)NC(CO)C(O)/C=C/CCCCCCCCCCC. The standard InChI is InChI=1S/C57H105NO5/c1-3-5-7-9-11-13-15-16-17-18-21-24-27-31-35-39-43-47-51-57(62)63-52-48-44-40-36-32-28-25-22-19-20-23-26-30-34-38-42-46-50-56(61)58-54(53-59)55(60)49-45-41-37-33-29-14-12-10-8-6-4-2/h13,15,17-19,22,45,49,54-55,59-60H,3-12,14,16,20-21,23-44,46-48,50-53H2,1-2H3,(H,58,61)/b15-13-,18-17-,22-19-,49-45+. The highest BCUT2D eigenvalue weighted by Gasteiger charge is 2.18. The fraction of sp³-hybridized carbons (Fsp3) is 0.825. The van der Waals surface area contributed by atoms with Gasteiger partial charge in [0, 0.05) is 12.8 Å². The van der Waals surface area contributed by atoms with Crippen molar-refractivity contribution in [2.45, 2.75) is 289 Å². The molecule has 1 amide bonds. The zero-order valence-electron chi connectivity index (χ0n) is 41.8. The summed E-state index contributed by atoms with van der Waals surface area (Å²) in [5.41, 5.74) is 0. The predicted octanol–water partition coefficient (Wildman–Crippen LogP) is 16.6. The Bertz CT molecular complexity index is 1070. The fourth-order valence-corrected chi connectivity index (χ4v) is 8.07. The number of hydrogen-bond acceptors (Lipinski definition) is 5. The fourth-order valence-electron chi connectivity index (χ4n) is 8.07. The summed E-state index contributed by atoms with van der Waals surface area (Å²) >= 11 is 0. The molecule has 0 bridgehead atoms. The second-order valence-corrected chi connectivity index (χ2v) is 18.5. The molecule has 0 rings (SSSR count). The van der Waals surface area contributed by atoms with E-state index in [4.69, 9.17) is 4.74 Å². The maximum atomic E-state index is 12.4. The van der Waals surface area contributed by atoms with Crippen molar-refractivity contribution < 1.29 is 24.5 Å². The lowest BCUT2D eigenvalue weighted by Crippen LogP contribution is -2.45. The van der Waals surface area contributed by atoms with Gasteiger partial charge in [-0.1, -0.05) is 223 Å². The molecule has 6 heteroatoms. The molecule has 0 saturated carbocycles. The largest absolute Gasteiger partial charge is 0.466 e. The Hall–Kier alpha value is -2.18. The average Bonchev–Trinajstić information content (AvgIpc) is 3.28. The molecule has 63 heavy (non-hydrogen) atoms. The number of aliphatic hydroxyl groups is 2. The van der Waals surface area contributed by atoms with Gasteiger partial charge in [0.15, 0.2) is 0 Å². The van der Waals surface area contributed by atoms with E-state index in [9.17, 15) is 19.8 Å². The van der Waals surface area contributed by atoms with E-state index in [0.29, 0.717) is 19.4 Å². The molecule has 0 aromatic rings. The van der Waals surface area contributed by atoms with Crippen molar-refractivity contribution in [1.82, 2.24) is 5.32 Å². The van der Waals surface area contributed by atoms with Crippen LogP contribution in [0.15, 0.2) is 48.6 Å².